The number of allylic oxidation sites excluding steroid dienone is 1. The van der Waals surface area contributed by atoms with E-state index in [0.717, 1.165) is 54.9 Å². The molecule has 2 heterocycles. The molecule has 1 aliphatic rings. The van der Waals surface area contributed by atoms with Gasteiger partial charge in [-0.3, -0.25) is 14.7 Å². The van der Waals surface area contributed by atoms with E-state index in [1.54, 1.807) is 12.4 Å². The van der Waals surface area contributed by atoms with Crippen LogP contribution in [0, 0.1) is 13.8 Å². The molecule has 1 fully saturated rings. The number of carbonyl (C=O) groups excluding carboxylic acids is 1. The maximum atomic E-state index is 12.8. The first-order valence-corrected chi connectivity index (χ1v) is 10.7. The highest BCUT2D eigenvalue weighted by atomic mass is 16.5. The summed E-state index contributed by atoms with van der Waals surface area (Å²) in [6, 6.07) is 7.97. The van der Waals surface area contributed by atoms with Crippen LogP contribution < -0.4 is 10.1 Å². The average molecular weight is 408 g/mol. The Hall–Kier alpha value is -2.66. The normalized spacial score (nSPS) is 14.9. The summed E-state index contributed by atoms with van der Waals surface area (Å²) in [5, 5.41) is 3.22. The first-order chi connectivity index (χ1) is 14.4. The third kappa shape index (κ3) is 6.17. The number of aryl methyl sites for hydroxylation is 2. The number of benzene rings is 1. The number of pyridine rings is 1. The van der Waals surface area contributed by atoms with Crippen LogP contribution in [0.5, 0.6) is 5.75 Å². The molecule has 0 spiro atoms. The van der Waals surface area contributed by atoms with Crippen LogP contribution in [-0.4, -0.2) is 41.5 Å². The minimum Gasteiger partial charge on any atom is -0.488 e. The van der Waals surface area contributed by atoms with Gasteiger partial charge >= 0.3 is 0 Å². The van der Waals surface area contributed by atoms with Gasteiger partial charge in [0.25, 0.3) is 5.91 Å². The Kier molecular flexibility index (Phi) is 7.63. The third-order valence-corrected chi connectivity index (χ3v) is 5.51. The van der Waals surface area contributed by atoms with Crippen LogP contribution in [0.1, 0.15) is 53.7 Å². The Labute approximate surface area is 180 Å². The zero-order valence-electron chi connectivity index (χ0n) is 18.6. The minimum atomic E-state index is 0.00255. The van der Waals surface area contributed by atoms with E-state index in [2.05, 4.69) is 35.1 Å². The number of ether oxygens (including phenoxy) is 1. The fourth-order valence-electron chi connectivity index (χ4n) is 3.79. The summed E-state index contributed by atoms with van der Waals surface area (Å²) in [6.07, 6.45) is 7.81. The lowest BCUT2D eigenvalue weighted by molar-refractivity contribution is 0.0914. The lowest BCUT2D eigenvalue weighted by atomic mass is 10.0. The SMILES string of the molecule is CC(C)=CCN1CCC(NC(=O)c2cc(C)c(OCc3cccnc3)c(C)c2)CC1. The smallest absolute Gasteiger partial charge is 0.251 e. The zero-order valence-corrected chi connectivity index (χ0v) is 18.6. The van der Waals surface area contributed by atoms with Crippen molar-refractivity contribution in [1.29, 1.82) is 0 Å². The van der Waals surface area contributed by atoms with Gasteiger partial charge in [0.15, 0.2) is 0 Å². The highest BCUT2D eigenvalue weighted by molar-refractivity contribution is 5.95. The van der Waals surface area contributed by atoms with E-state index in [4.69, 9.17) is 4.74 Å². The molecule has 5 heteroatoms. The Balaban J connectivity index is 1.56. The van der Waals surface area contributed by atoms with Crippen molar-refractivity contribution in [3.05, 3.63) is 70.6 Å². The summed E-state index contributed by atoms with van der Waals surface area (Å²) in [5.41, 5.74) is 5.02. The molecule has 30 heavy (non-hydrogen) atoms. The molecule has 0 saturated carbocycles. The molecule has 160 valence electrons. The van der Waals surface area contributed by atoms with Gasteiger partial charge < -0.3 is 10.1 Å². The van der Waals surface area contributed by atoms with Gasteiger partial charge in [-0.25, -0.2) is 0 Å². The molecule has 1 N–H and O–H groups in total. The molecule has 1 saturated heterocycles. The van der Waals surface area contributed by atoms with E-state index in [1.807, 2.05) is 38.1 Å². The molecule has 1 aromatic carbocycles. The fourth-order valence-corrected chi connectivity index (χ4v) is 3.79. The average Bonchev–Trinajstić information content (AvgIpc) is 2.73. The number of carbonyl (C=O) groups is 1. The molecular formula is C25H33N3O2. The van der Waals surface area contributed by atoms with Crippen molar-refractivity contribution in [1.82, 2.24) is 15.2 Å². The first kappa shape index (κ1) is 22.0. The molecule has 0 radical (unpaired) electrons. The van der Waals surface area contributed by atoms with Crippen LogP contribution in [0.4, 0.5) is 0 Å². The van der Waals surface area contributed by atoms with E-state index in [-0.39, 0.29) is 11.9 Å². The molecule has 2 aromatic rings. The summed E-state index contributed by atoms with van der Waals surface area (Å²) < 4.78 is 6.01. The molecule has 1 aromatic heterocycles. The lowest BCUT2D eigenvalue weighted by Gasteiger charge is -2.31. The van der Waals surface area contributed by atoms with E-state index < -0.39 is 0 Å². The van der Waals surface area contributed by atoms with Crippen LogP contribution in [0.15, 0.2) is 48.3 Å². The molecule has 0 bridgehead atoms. The summed E-state index contributed by atoms with van der Waals surface area (Å²) in [6.45, 7) is 11.8. The van der Waals surface area contributed by atoms with Gasteiger partial charge in [0, 0.05) is 49.2 Å². The van der Waals surface area contributed by atoms with E-state index in [0.29, 0.717) is 12.2 Å². The number of piperidine rings is 1. The summed E-state index contributed by atoms with van der Waals surface area (Å²) in [4.78, 5) is 19.4. The predicted octanol–water partition coefficient (Wildman–Crippen LogP) is 4.44. The molecule has 1 amide bonds. The number of hydrogen-bond acceptors (Lipinski definition) is 4. The van der Waals surface area contributed by atoms with Crippen molar-refractivity contribution in [3.8, 4) is 5.75 Å². The molecule has 5 nitrogen and oxygen atoms in total. The first-order valence-electron chi connectivity index (χ1n) is 10.7. The second-order valence-electron chi connectivity index (χ2n) is 8.42. The molecule has 3 rings (SSSR count). The molecule has 0 unspecified atom stereocenters. The number of amides is 1. The van der Waals surface area contributed by atoms with Crippen LogP contribution in [0.3, 0.4) is 0 Å². The molecule has 0 aliphatic carbocycles. The molecule has 0 atom stereocenters. The van der Waals surface area contributed by atoms with Crippen LogP contribution >= 0.6 is 0 Å². The van der Waals surface area contributed by atoms with Crippen molar-refractivity contribution in [2.45, 2.75) is 53.2 Å². The monoisotopic (exact) mass is 407 g/mol. The third-order valence-electron chi connectivity index (χ3n) is 5.51. The number of likely N-dealkylation sites (tertiary alicyclic amines) is 1. The van der Waals surface area contributed by atoms with Crippen molar-refractivity contribution >= 4 is 5.91 Å². The van der Waals surface area contributed by atoms with E-state index in [9.17, 15) is 4.79 Å². The fraction of sp³-hybridized carbons (Fsp3) is 0.440. The van der Waals surface area contributed by atoms with Crippen molar-refractivity contribution < 1.29 is 9.53 Å². The summed E-state index contributed by atoms with van der Waals surface area (Å²) in [7, 11) is 0. The van der Waals surface area contributed by atoms with Crippen LogP contribution in [0.2, 0.25) is 0 Å². The van der Waals surface area contributed by atoms with Gasteiger partial charge in [0.2, 0.25) is 0 Å². The van der Waals surface area contributed by atoms with Crippen molar-refractivity contribution in [2.24, 2.45) is 0 Å². The number of nitrogens with zero attached hydrogens (tertiary/aromatic N) is 2. The van der Waals surface area contributed by atoms with Gasteiger partial charge in [-0.1, -0.05) is 17.7 Å². The Bertz CT molecular complexity index is 858. The van der Waals surface area contributed by atoms with Crippen LogP contribution in [-0.2, 0) is 6.61 Å². The van der Waals surface area contributed by atoms with Gasteiger partial charge in [0.05, 0.1) is 0 Å². The quantitative estimate of drug-likeness (QED) is 0.690. The van der Waals surface area contributed by atoms with E-state index >= 15 is 0 Å². The molecular weight excluding hydrogens is 374 g/mol. The van der Waals surface area contributed by atoms with Gasteiger partial charge in [-0.2, -0.15) is 0 Å². The van der Waals surface area contributed by atoms with Gasteiger partial charge in [0.1, 0.15) is 12.4 Å². The van der Waals surface area contributed by atoms with Crippen molar-refractivity contribution in [2.75, 3.05) is 19.6 Å². The number of nitrogens with one attached hydrogen (secondary N) is 1. The zero-order chi connectivity index (χ0) is 21.5. The highest BCUT2D eigenvalue weighted by Crippen LogP contribution is 2.26. The predicted molar refractivity (Wildman–Crippen MR) is 121 cm³/mol. The highest BCUT2D eigenvalue weighted by Gasteiger charge is 2.21. The van der Waals surface area contributed by atoms with Crippen molar-refractivity contribution in [3.63, 3.8) is 0 Å². The summed E-state index contributed by atoms with van der Waals surface area (Å²) in [5.74, 6) is 0.839. The Morgan fingerprint density at radius 3 is 2.53 bits per heavy atom. The topological polar surface area (TPSA) is 54.5 Å². The maximum Gasteiger partial charge on any atom is 0.251 e. The van der Waals surface area contributed by atoms with E-state index in [1.165, 1.54) is 5.57 Å². The Morgan fingerprint density at radius 2 is 1.93 bits per heavy atom. The maximum absolute atomic E-state index is 12.8. The standard InChI is InChI=1S/C25H33N3O2/c1-18(2)7-11-28-12-8-23(9-13-28)27-25(29)22-14-19(3)24(20(4)15-22)30-17-21-6-5-10-26-16-21/h5-7,10,14-16,23H,8-9,11-13,17H2,1-4H3,(H,27,29). The number of hydrogen-bond donors (Lipinski definition) is 1. The Morgan fingerprint density at radius 1 is 1.23 bits per heavy atom. The number of rotatable bonds is 7. The number of aromatic nitrogens is 1. The summed E-state index contributed by atoms with van der Waals surface area (Å²) >= 11 is 0. The largest absolute Gasteiger partial charge is 0.488 e. The second-order valence-corrected chi connectivity index (χ2v) is 8.42. The minimum absolute atomic E-state index is 0.00255. The second kappa shape index (κ2) is 10.4. The van der Waals surface area contributed by atoms with Crippen LogP contribution in [0.25, 0.3) is 0 Å². The van der Waals surface area contributed by atoms with Gasteiger partial charge in [-0.05, 0) is 69.9 Å². The lowest BCUT2D eigenvalue weighted by Crippen LogP contribution is -2.44. The molecule has 1 aliphatic heterocycles. The van der Waals surface area contributed by atoms with Gasteiger partial charge in [-0.15, -0.1) is 0 Å².